The van der Waals surface area contributed by atoms with Gasteiger partial charge in [-0.2, -0.15) is 0 Å². The van der Waals surface area contributed by atoms with Crippen molar-refractivity contribution in [2.75, 3.05) is 19.0 Å². The Morgan fingerprint density at radius 2 is 1.57 bits per heavy atom. The van der Waals surface area contributed by atoms with Crippen molar-refractivity contribution in [1.29, 1.82) is 0 Å². The summed E-state index contributed by atoms with van der Waals surface area (Å²) in [6.07, 6.45) is 7.22. The maximum absolute atomic E-state index is 11.8. The lowest BCUT2D eigenvalue weighted by Gasteiger charge is -2.11. The molecular formula is C19H19NO. The van der Waals surface area contributed by atoms with E-state index in [-0.39, 0.29) is 5.78 Å². The predicted molar refractivity (Wildman–Crippen MR) is 89.7 cm³/mol. The van der Waals surface area contributed by atoms with Crippen molar-refractivity contribution in [3.05, 3.63) is 84.0 Å². The minimum absolute atomic E-state index is 0.0169. The molecule has 0 bridgehead atoms. The summed E-state index contributed by atoms with van der Waals surface area (Å²) in [5.41, 5.74) is 2.98. The second-order valence-corrected chi connectivity index (χ2v) is 4.93. The van der Waals surface area contributed by atoms with Gasteiger partial charge in [0.25, 0.3) is 0 Å². The Kier molecular flexibility index (Phi) is 5.10. The summed E-state index contributed by atoms with van der Waals surface area (Å²) in [6.45, 7) is 0. The molecule has 0 atom stereocenters. The fourth-order valence-electron chi connectivity index (χ4n) is 1.89. The molecule has 2 heteroatoms. The summed E-state index contributed by atoms with van der Waals surface area (Å²) >= 11 is 0. The van der Waals surface area contributed by atoms with Crippen LogP contribution in [0, 0.1) is 0 Å². The number of allylic oxidation sites excluding steroid dienone is 3. The van der Waals surface area contributed by atoms with Crippen LogP contribution >= 0.6 is 0 Å². The van der Waals surface area contributed by atoms with Gasteiger partial charge in [-0.15, -0.1) is 0 Å². The monoisotopic (exact) mass is 277 g/mol. The zero-order valence-corrected chi connectivity index (χ0v) is 12.4. The van der Waals surface area contributed by atoms with Gasteiger partial charge >= 0.3 is 0 Å². The Bertz CT molecular complexity index is 637. The number of hydrogen-bond acceptors (Lipinski definition) is 2. The maximum Gasteiger partial charge on any atom is 0.185 e. The van der Waals surface area contributed by atoms with Gasteiger partial charge < -0.3 is 4.90 Å². The summed E-state index contributed by atoms with van der Waals surface area (Å²) in [7, 11) is 4.03. The average molecular weight is 277 g/mol. The number of ketones is 1. The lowest BCUT2D eigenvalue weighted by atomic mass is 10.1. The van der Waals surface area contributed by atoms with Crippen LogP contribution in [0.15, 0.2) is 72.8 Å². The van der Waals surface area contributed by atoms with E-state index < -0.39 is 0 Å². The van der Waals surface area contributed by atoms with Crippen molar-refractivity contribution in [3.8, 4) is 0 Å². The minimum atomic E-state index is 0.0169. The fourth-order valence-corrected chi connectivity index (χ4v) is 1.89. The Morgan fingerprint density at radius 3 is 2.19 bits per heavy atom. The Balaban J connectivity index is 1.96. The van der Waals surface area contributed by atoms with Crippen molar-refractivity contribution in [2.45, 2.75) is 0 Å². The van der Waals surface area contributed by atoms with Gasteiger partial charge in [0.2, 0.25) is 0 Å². The molecule has 0 saturated carbocycles. The van der Waals surface area contributed by atoms with E-state index in [0.717, 1.165) is 5.56 Å². The van der Waals surface area contributed by atoms with Crippen molar-refractivity contribution < 1.29 is 4.79 Å². The molecule has 0 heterocycles. The van der Waals surface area contributed by atoms with Crippen LogP contribution in [0.4, 0.5) is 5.69 Å². The topological polar surface area (TPSA) is 20.3 Å². The standard InChI is InChI=1S/C19H19NO/c1-20(2)18-14-12-16(13-15-18)8-6-7-11-19(21)17-9-4-3-5-10-17/h3-15H,1-2H3/b8-6-,11-7-. The Morgan fingerprint density at radius 1 is 0.905 bits per heavy atom. The highest BCUT2D eigenvalue weighted by Gasteiger charge is 1.97. The third kappa shape index (κ3) is 4.46. The van der Waals surface area contributed by atoms with Gasteiger partial charge in [0.15, 0.2) is 5.78 Å². The molecule has 0 spiro atoms. The molecule has 2 nitrogen and oxygen atoms in total. The van der Waals surface area contributed by atoms with Crippen molar-refractivity contribution in [3.63, 3.8) is 0 Å². The van der Waals surface area contributed by atoms with Crippen LogP contribution in [0.25, 0.3) is 6.08 Å². The fraction of sp³-hybridized carbons (Fsp3) is 0.105. The number of nitrogens with zero attached hydrogens (tertiary/aromatic N) is 1. The molecule has 0 aliphatic rings. The molecule has 106 valence electrons. The summed E-state index contributed by atoms with van der Waals surface area (Å²) in [5.74, 6) is 0.0169. The molecular weight excluding hydrogens is 258 g/mol. The number of benzene rings is 2. The van der Waals surface area contributed by atoms with E-state index in [1.54, 1.807) is 12.2 Å². The molecule has 0 aromatic heterocycles. The first kappa shape index (κ1) is 14.8. The number of carbonyl (C=O) groups is 1. The largest absolute Gasteiger partial charge is 0.378 e. The predicted octanol–water partition coefficient (Wildman–Crippen LogP) is 4.20. The first-order valence-corrected chi connectivity index (χ1v) is 6.88. The lowest BCUT2D eigenvalue weighted by Crippen LogP contribution is -2.07. The molecule has 0 amide bonds. The first-order chi connectivity index (χ1) is 10.2. The van der Waals surface area contributed by atoms with E-state index in [1.807, 2.05) is 56.6 Å². The van der Waals surface area contributed by atoms with E-state index in [2.05, 4.69) is 29.2 Å². The highest BCUT2D eigenvalue weighted by atomic mass is 16.1. The van der Waals surface area contributed by atoms with Gasteiger partial charge in [0.05, 0.1) is 0 Å². The van der Waals surface area contributed by atoms with Gasteiger partial charge in [-0.1, -0.05) is 60.7 Å². The smallest absolute Gasteiger partial charge is 0.185 e. The second-order valence-electron chi connectivity index (χ2n) is 4.93. The lowest BCUT2D eigenvalue weighted by molar-refractivity contribution is 0.104. The summed E-state index contributed by atoms with van der Waals surface area (Å²) in [5, 5.41) is 0. The third-order valence-corrected chi connectivity index (χ3v) is 3.12. The van der Waals surface area contributed by atoms with Crippen molar-refractivity contribution in [1.82, 2.24) is 0 Å². The Hall–Kier alpha value is -2.61. The van der Waals surface area contributed by atoms with Crippen molar-refractivity contribution in [2.24, 2.45) is 0 Å². The van der Waals surface area contributed by atoms with Crippen LogP contribution in [0.2, 0.25) is 0 Å². The molecule has 21 heavy (non-hydrogen) atoms. The molecule has 2 aromatic carbocycles. The molecule has 2 rings (SSSR count). The minimum Gasteiger partial charge on any atom is -0.378 e. The van der Waals surface area contributed by atoms with Crippen LogP contribution in [-0.4, -0.2) is 19.9 Å². The summed E-state index contributed by atoms with van der Waals surface area (Å²) < 4.78 is 0. The van der Waals surface area contributed by atoms with Gasteiger partial charge in [-0.05, 0) is 23.8 Å². The number of rotatable bonds is 5. The molecule has 0 fully saturated rings. The first-order valence-electron chi connectivity index (χ1n) is 6.88. The van der Waals surface area contributed by atoms with Crippen molar-refractivity contribution >= 4 is 17.5 Å². The van der Waals surface area contributed by atoms with Crippen LogP contribution in [-0.2, 0) is 0 Å². The molecule has 0 aliphatic carbocycles. The third-order valence-electron chi connectivity index (χ3n) is 3.12. The van der Waals surface area contributed by atoms with E-state index in [0.29, 0.717) is 5.56 Å². The molecule has 0 aliphatic heterocycles. The van der Waals surface area contributed by atoms with Gasteiger partial charge in [0, 0.05) is 25.3 Å². The van der Waals surface area contributed by atoms with Gasteiger partial charge in [-0.25, -0.2) is 0 Å². The summed E-state index contributed by atoms with van der Waals surface area (Å²) in [6, 6.07) is 17.5. The van der Waals surface area contributed by atoms with E-state index in [9.17, 15) is 4.79 Å². The SMILES string of the molecule is CN(C)c1ccc(/C=C\C=C/C(=O)c2ccccc2)cc1. The Labute approximate surface area is 126 Å². The van der Waals surface area contributed by atoms with Crippen LogP contribution in [0.5, 0.6) is 0 Å². The molecule has 2 aromatic rings. The zero-order chi connectivity index (χ0) is 15.1. The van der Waals surface area contributed by atoms with E-state index in [1.165, 1.54) is 5.69 Å². The molecule has 0 unspecified atom stereocenters. The zero-order valence-electron chi connectivity index (χ0n) is 12.4. The average Bonchev–Trinajstić information content (AvgIpc) is 2.52. The molecule has 0 radical (unpaired) electrons. The molecule has 0 N–H and O–H groups in total. The van der Waals surface area contributed by atoms with Crippen LogP contribution in [0.3, 0.4) is 0 Å². The number of anilines is 1. The second kappa shape index (κ2) is 7.25. The van der Waals surface area contributed by atoms with E-state index >= 15 is 0 Å². The van der Waals surface area contributed by atoms with Crippen LogP contribution in [0.1, 0.15) is 15.9 Å². The molecule has 0 saturated heterocycles. The van der Waals surface area contributed by atoms with Crippen LogP contribution < -0.4 is 4.90 Å². The van der Waals surface area contributed by atoms with Gasteiger partial charge in [0.1, 0.15) is 0 Å². The number of carbonyl (C=O) groups excluding carboxylic acids is 1. The highest BCUT2D eigenvalue weighted by Crippen LogP contribution is 2.13. The summed E-state index contributed by atoms with van der Waals surface area (Å²) in [4.78, 5) is 13.9. The maximum atomic E-state index is 11.8. The highest BCUT2D eigenvalue weighted by molar-refractivity contribution is 6.04. The number of hydrogen-bond donors (Lipinski definition) is 0. The quantitative estimate of drug-likeness (QED) is 0.463. The van der Waals surface area contributed by atoms with Gasteiger partial charge in [-0.3, -0.25) is 4.79 Å². The normalized spacial score (nSPS) is 11.1. The van der Waals surface area contributed by atoms with E-state index in [4.69, 9.17) is 0 Å².